The molecule has 1 aliphatic rings. The Balaban J connectivity index is 1.47. The largest absolute Gasteiger partial charge is 0.382 e. The van der Waals surface area contributed by atoms with Gasteiger partial charge in [0.1, 0.15) is 0 Å². The Hall–Kier alpha value is -2.93. The van der Waals surface area contributed by atoms with Crippen molar-refractivity contribution in [3.05, 3.63) is 83.2 Å². The van der Waals surface area contributed by atoms with Crippen molar-refractivity contribution in [1.29, 1.82) is 0 Å². The van der Waals surface area contributed by atoms with Gasteiger partial charge >= 0.3 is 0 Å². The van der Waals surface area contributed by atoms with Crippen LogP contribution in [0.4, 0.5) is 17.1 Å². The van der Waals surface area contributed by atoms with E-state index in [1.54, 1.807) is 18.5 Å². The van der Waals surface area contributed by atoms with Gasteiger partial charge in [-0.25, -0.2) is 0 Å². The van der Waals surface area contributed by atoms with Crippen molar-refractivity contribution < 1.29 is 10.2 Å². The number of aliphatic hydroxyl groups is 2. The fourth-order valence-corrected chi connectivity index (χ4v) is 4.04. The van der Waals surface area contributed by atoms with Crippen LogP contribution in [0.15, 0.2) is 60.9 Å². The summed E-state index contributed by atoms with van der Waals surface area (Å²) in [4.78, 5) is 6.29. The second-order valence-corrected chi connectivity index (χ2v) is 8.34. The van der Waals surface area contributed by atoms with E-state index in [1.807, 2.05) is 0 Å². The van der Waals surface area contributed by atoms with Crippen molar-refractivity contribution >= 4 is 17.1 Å². The minimum atomic E-state index is -1.53. The van der Waals surface area contributed by atoms with Crippen LogP contribution in [0, 0.1) is 0 Å². The quantitative estimate of drug-likeness (QED) is 0.431. The molecule has 3 aromatic rings. The maximum atomic E-state index is 9.54. The Labute approximate surface area is 183 Å². The first-order valence-corrected chi connectivity index (χ1v) is 10.7. The SMILES string of the molecule is CC(C)c1ccc(N(C)c2ccc3c(c2)CN[C@H]3CNc2cnccc2C(O)O)cc1. The third-order valence-corrected chi connectivity index (χ3v) is 6.00. The zero-order valence-electron chi connectivity index (χ0n) is 18.2. The molecule has 0 spiro atoms. The number of nitrogens with zero attached hydrogens (tertiary/aromatic N) is 2. The second-order valence-electron chi connectivity index (χ2n) is 8.34. The molecule has 4 rings (SSSR count). The van der Waals surface area contributed by atoms with Gasteiger partial charge in [0.25, 0.3) is 0 Å². The Kier molecular flexibility index (Phi) is 6.23. The number of nitrogens with one attached hydrogen (secondary N) is 2. The molecule has 4 N–H and O–H groups in total. The van der Waals surface area contributed by atoms with Gasteiger partial charge in [-0.3, -0.25) is 4.98 Å². The molecule has 1 aromatic heterocycles. The van der Waals surface area contributed by atoms with E-state index < -0.39 is 6.29 Å². The number of benzene rings is 2. The third-order valence-electron chi connectivity index (χ3n) is 6.00. The van der Waals surface area contributed by atoms with E-state index in [4.69, 9.17) is 0 Å². The van der Waals surface area contributed by atoms with Gasteiger partial charge in [-0.05, 0) is 52.9 Å². The van der Waals surface area contributed by atoms with Gasteiger partial charge in [-0.2, -0.15) is 0 Å². The monoisotopic (exact) mass is 418 g/mol. The van der Waals surface area contributed by atoms with Gasteiger partial charge in [-0.1, -0.05) is 32.0 Å². The van der Waals surface area contributed by atoms with E-state index in [9.17, 15) is 10.2 Å². The summed E-state index contributed by atoms with van der Waals surface area (Å²) in [5, 5.41) is 25.9. The van der Waals surface area contributed by atoms with E-state index in [2.05, 4.69) is 83.9 Å². The second kappa shape index (κ2) is 9.06. The van der Waals surface area contributed by atoms with Crippen molar-refractivity contribution in [2.75, 3.05) is 23.8 Å². The molecule has 2 aromatic carbocycles. The standard InChI is InChI=1S/C25H30N4O2/c1-16(2)17-4-6-19(7-5-17)29(3)20-8-9-21-18(12-20)13-27-24(21)15-28-23-14-26-11-10-22(23)25(30)31/h4-12,14,16,24-25,27-28,30-31H,13,15H2,1-3H3/t24-/m0/s1. The maximum Gasteiger partial charge on any atom is 0.180 e. The summed E-state index contributed by atoms with van der Waals surface area (Å²) < 4.78 is 0. The average molecular weight is 419 g/mol. The first-order chi connectivity index (χ1) is 14.9. The van der Waals surface area contributed by atoms with Gasteiger partial charge in [0, 0.05) is 43.3 Å². The molecule has 0 saturated carbocycles. The van der Waals surface area contributed by atoms with Crippen molar-refractivity contribution in [3.8, 4) is 0 Å². The first kappa shape index (κ1) is 21.3. The summed E-state index contributed by atoms with van der Waals surface area (Å²) in [6, 6.07) is 17.1. The van der Waals surface area contributed by atoms with Gasteiger partial charge in [0.15, 0.2) is 6.29 Å². The van der Waals surface area contributed by atoms with Crippen LogP contribution in [0.1, 0.15) is 54.4 Å². The van der Waals surface area contributed by atoms with E-state index in [1.165, 1.54) is 22.4 Å². The van der Waals surface area contributed by atoms with E-state index >= 15 is 0 Å². The van der Waals surface area contributed by atoms with E-state index in [0.717, 1.165) is 12.2 Å². The van der Waals surface area contributed by atoms with Crippen LogP contribution in [0.25, 0.3) is 0 Å². The number of anilines is 3. The highest BCUT2D eigenvalue weighted by Gasteiger charge is 2.23. The zero-order valence-corrected chi connectivity index (χ0v) is 18.2. The number of hydrogen-bond donors (Lipinski definition) is 4. The zero-order chi connectivity index (χ0) is 22.0. The molecule has 1 aliphatic heterocycles. The molecule has 0 bridgehead atoms. The average Bonchev–Trinajstić information content (AvgIpc) is 3.19. The number of hydrogen-bond acceptors (Lipinski definition) is 6. The summed E-state index contributed by atoms with van der Waals surface area (Å²) in [5.74, 6) is 0.527. The van der Waals surface area contributed by atoms with Crippen LogP contribution < -0.4 is 15.5 Å². The number of pyridine rings is 1. The molecule has 0 aliphatic carbocycles. The minimum Gasteiger partial charge on any atom is -0.382 e. The lowest BCUT2D eigenvalue weighted by atomic mass is 10.0. The lowest BCUT2D eigenvalue weighted by Gasteiger charge is -2.22. The number of fused-ring (bicyclic) bond motifs is 1. The molecule has 0 amide bonds. The normalized spacial score (nSPS) is 15.4. The molecule has 0 saturated heterocycles. The van der Waals surface area contributed by atoms with E-state index in [0.29, 0.717) is 23.7 Å². The Bertz CT molecular complexity index is 1030. The van der Waals surface area contributed by atoms with Gasteiger partial charge in [0.2, 0.25) is 0 Å². The van der Waals surface area contributed by atoms with Crippen LogP contribution in [-0.4, -0.2) is 28.8 Å². The molecule has 162 valence electrons. The third kappa shape index (κ3) is 4.56. The molecule has 6 nitrogen and oxygen atoms in total. The van der Waals surface area contributed by atoms with Crippen molar-refractivity contribution in [2.24, 2.45) is 0 Å². The number of rotatable bonds is 7. The molecular weight excluding hydrogens is 388 g/mol. The van der Waals surface area contributed by atoms with Crippen molar-refractivity contribution in [2.45, 2.75) is 38.6 Å². The molecule has 31 heavy (non-hydrogen) atoms. The molecule has 1 atom stereocenters. The van der Waals surface area contributed by atoms with Gasteiger partial charge < -0.3 is 25.7 Å². The Morgan fingerprint density at radius 1 is 1.10 bits per heavy atom. The maximum absolute atomic E-state index is 9.54. The highest BCUT2D eigenvalue weighted by Crippen LogP contribution is 2.32. The highest BCUT2D eigenvalue weighted by atomic mass is 16.5. The number of aromatic nitrogens is 1. The highest BCUT2D eigenvalue weighted by molar-refractivity contribution is 5.64. The first-order valence-electron chi connectivity index (χ1n) is 10.7. The predicted octanol–water partition coefficient (Wildman–Crippen LogP) is 4.21. The van der Waals surface area contributed by atoms with Crippen LogP contribution in [0.2, 0.25) is 0 Å². The number of aliphatic hydroxyl groups excluding tert-OH is 1. The van der Waals surface area contributed by atoms with Crippen LogP contribution in [0.3, 0.4) is 0 Å². The minimum absolute atomic E-state index is 0.142. The molecule has 2 heterocycles. The van der Waals surface area contributed by atoms with E-state index in [-0.39, 0.29) is 6.04 Å². The fraction of sp³-hybridized carbons (Fsp3) is 0.320. The predicted molar refractivity (Wildman–Crippen MR) is 125 cm³/mol. The molecule has 0 unspecified atom stereocenters. The van der Waals surface area contributed by atoms with Gasteiger partial charge in [0.05, 0.1) is 17.9 Å². The lowest BCUT2D eigenvalue weighted by molar-refractivity contribution is -0.0419. The van der Waals surface area contributed by atoms with Crippen LogP contribution in [-0.2, 0) is 6.54 Å². The summed E-state index contributed by atoms with van der Waals surface area (Å²) in [6.45, 7) is 5.85. The summed E-state index contributed by atoms with van der Waals surface area (Å²) in [5.41, 5.74) is 7.27. The van der Waals surface area contributed by atoms with Gasteiger partial charge in [-0.15, -0.1) is 0 Å². The summed E-state index contributed by atoms with van der Waals surface area (Å²) in [7, 11) is 2.09. The topological polar surface area (TPSA) is 80.7 Å². The molecule has 0 radical (unpaired) electrons. The summed E-state index contributed by atoms with van der Waals surface area (Å²) in [6.07, 6.45) is 1.65. The van der Waals surface area contributed by atoms with Crippen LogP contribution >= 0.6 is 0 Å². The molecular formula is C25H30N4O2. The smallest absolute Gasteiger partial charge is 0.180 e. The molecule has 0 fully saturated rings. The Morgan fingerprint density at radius 2 is 1.84 bits per heavy atom. The Morgan fingerprint density at radius 3 is 2.55 bits per heavy atom. The van der Waals surface area contributed by atoms with Crippen molar-refractivity contribution in [3.63, 3.8) is 0 Å². The lowest BCUT2D eigenvalue weighted by Crippen LogP contribution is -2.22. The fourth-order valence-electron chi connectivity index (χ4n) is 4.04. The molecule has 6 heteroatoms. The summed E-state index contributed by atoms with van der Waals surface area (Å²) >= 11 is 0. The van der Waals surface area contributed by atoms with Crippen molar-refractivity contribution in [1.82, 2.24) is 10.3 Å². The van der Waals surface area contributed by atoms with Crippen LogP contribution in [0.5, 0.6) is 0 Å².